The smallest absolute Gasteiger partial charge is 0.265 e. The van der Waals surface area contributed by atoms with Gasteiger partial charge < -0.3 is 16.0 Å². The van der Waals surface area contributed by atoms with Crippen LogP contribution in [0.4, 0.5) is 10.9 Å². The molecular weight excluding hydrogens is 284 g/mol. The molecule has 3 N–H and O–H groups in total. The predicted octanol–water partition coefficient (Wildman–Crippen LogP) is 2.64. The van der Waals surface area contributed by atoms with Crippen LogP contribution < -0.4 is 16.0 Å². The molecule has 1 saturated heterocycles. The van der Waals surface area contributed by atoms with Gasteiger partial charge in [0.15, 0.2) is 5.13 Å². The van der Waals surface area contributed by atoms with Crippen molar-refractivity contribution >= 4 is 28.2 Å². The highest BCUT2D eigenvalue weighted by molar-refractivity contribution is 7.18. The second kappa shape index (κ2) is 5.83. The zero-order valence-electron chi connectivity index (χ0n) is 12.7. The number of hydrogen-bond acceptors (Lipinski definition) is 5. The summed E-state index contributed by atoms with van der Waals surface area (Å²) in [6, 6.07) is 0. The molecule has 0 unspecified atom stereocenters. The quantitative estimate of drug-likeness (QED) is 0.877. The first kappa shape index (κ1) is 14.6. The summed E-state index contributed by atoms with van der Waals surface area (Å²) in [5.74, 6) is 0.314. The van der Waals surface area contributed by atoms with Gasteiger partial charge in [-0.15, -0.1) is 0 Å². The number of nitrogen functional groups attached to an aromatic ring is 1. The number of nitrogens with zero attached hydrogens (tertiary/aromatic N) is 2. The lowest BCUT2D eigenvalue weighted by Gasteiger charge is -2.41. The summed E-state index contributed by atoms with van der Waals surface area (Å²) in [4.78, 5) is 19.5. The van der Waals surface area contributed by atoms with E-state index in [1.165, 1.54) is 43.4 Å². The number of aromatic nitrogens is 1. The standard InChI is InChI=1S/C15H24N4OS/c1-2-15(6-5-7-15)10-17-13(20)11-12(16)18-14(21-11)19-8-3-4-9-19/h2-10,16H2,1H3,(H,17,20). The molecule has 116 valence electrons. The van der Waals surface area contributed by atoms with E-state index in [9.17, 15) is 4.79 Å². The summed E-state index contributed by atoms with van der Waals surface area (Å²) in [5, 5.41) is 3.96. The molecule has 6 heteroatoms. The molecule has 0 aromatic carbocycles. The summed E-state index contributed by atoms with van der Waals surface area (Å²) in [6.45, 7) is 5.01. The molecule has 5 nitrogen and oxygen atoms in total. The fourth-order valence-electron chi connectivity index (χ4n) is 3.21. The Morgan fingerprint density at radius 1 is 1.38 bits per heavy atom. The van der Waals surface area contributed by atoms with Crippen LogP contribution in [0.1, 0.15) is 55.1 Å². The molecule has 1 aromatic rings. The van der Waals surface area contributed by atoms with E-state index in [4.69, 9.17) is 5.73 Å². The Morgan fingerprint density at radius 2 is 2.10 bits per heavy atom. The van der Waals surface area contributed by atoms with Crippen LogP contribution in [0.25, 0.3) is 0 Å². The van der Waals surface area contributed by atoms with Crippen molar-refractivity contribution in [2.45, 2.75) is 45.4 Å². The summed E-state index contributed by atoms with van der Waals surface area (Å²) < 4.78 is 0. The maximum atomic E-state index is 12.4. The normalized spacial score (nSPS) is 20.3. The molecule has 1 aromatic heterocycles. The van der Waals surface area contributed by atoms with Crippen LogP contribution in [0.3, 0.4) is 0 Å². The predicted molar refractivity (Wildman–Crippen MR) is 86.9 cm³/mol. The van der Waals surface area contributed by atoms with Crippen molar-refractivity contribution in [3.63, 3.8) is 0 Å². The highest BCUT2D eigenvalue weighted by atomic mass is 32.1. The van der Waals surface area contributed by atoms with Gasteiger partial charge in [-0.25, -0.2) is 4.98 Å². The Hall–Kier alpha value is -1.30. The first-order valence-electron chi connectivity index (χ1n) is 7.93. The molecule has 0 radical (unpaired) electrons. The van der Waals surface area contributed by atoms with Gasteiger partial charge in [-0.2, -0.15) is 0 Å². The monoisotopic (exact) mass is 308 g/mol. The number of hydrogen-bond donors (Lipinski definition) is 2. The minimum atomic E-state index is -0.0600. The third kappa shape index (κ3) is 2.86. The van der Waals surface area contributed by atoms with Gasteiger partial charge in [-0.1, -0.05) is 24.7 Å². The van der Waals surface area contributed by atoms with Crippen LogP contribution in [0, 0.1) is 5.41 Å². The van der Waals surface area contributed by atoms with Gasteiger partial charge in [0, 0.05) is 19.6 Å². The molecule has 3 rings (SSSR count). The van der Waals surface area contributed by atoms with E-state index in [-0.39, 0.29) is 5.91 Å². The number of nitrogens with one attached hydrogen (secondary N) is 1. The molecule has 1 amide bonds. The van der Waals surface area contributed by atoms with E-state index in [2.05, 4.69) is 22.1 Å². The molecule has 0 bridgehead atoms. The Kier molecular flexibility index (Phi) is 4.06. The summed E-state index contributed by atoms with van der Waals surface area (Å²) >= 11 is 1.43. The third-order valence-electron chi connectivity index (χ3n) is 5.01. The number of rotatable bonds is 5. The van der Waals surface area contributed by atoms with E-state index in [1.807, 2.05) is 0 Å². The Labute approximate surface area is 129 Å². The summed E-state index contributed by atoms with van der Waals surface area (Å²) in [7, 11) is 0. The fourth-order valence-corrected chi connectivity index (χ4v) is 4.16. The van der Waals surface area contributed by atoms with Crippen molar-refractivity contribution in [1.29, 1.82) is 0 Å². The Morgan fingerprint density at radius 3 is 2.67 bits per heavy atom. The van der Waals surface area contributed by atoms with E-state index >= 15 is 0 Å². The van der Waals surface area contributed by atoms with Crippen molar-refractivity contribution in [3.8, 4) is 0 Å². The van der Waals surface area contributed by atoms with Gasteiger partial charge in [0.25, 0.3) is 5.91 Å². The molecule has 21 heavy (non-hydrogen) atoms. The zero-order valence-corrected chi connectivity index (χ0v) is 13.5. The molecule has 1 aliphatic heterocycles. The molecule has 2 fully saturated rings. The molecule has 1 saturated carbocycles. The van der Waals surface area contributed by atoms with Gasteiger partial charge in [0.1, 0.15) is 10.7 Å². The van der Waals surface area contributed by atoms with Crippen molar-refractivity contribution in [1.82, 2.24) is 10.3 Å². The molecule has 0 spiro atoms. The van der Waals surface area contributed by atoms with Gasteiger partial charge >= 0.3 is 0 Å². The van der Waals surface area contributed by atoms with Crippen molar-refractivity contribution in [2.75, 3.05) is 30.3 Å². The van der Waals surface area contributed by atoms with Gasteiger partial charge in [0.2, 0.25) is 0 Å². The average Bonchev–Trinajstić information content (AvgIpc) is 3.06. The van der Waals surface area contributed by atoms with Crippen molar-refractivity contribution in [2.24, 2.45) is 5.41 Å². The lowest BCUT2D eigenvalue weighted by molar-refractivity contribution is 0.0854. The van der Waals surface area contributed by atoms with Crippen molar-refractivity contribution in [3.05, 3.63) is 4.88 Å². The maximum Gasteiger partial charge on any atom is 0.265 e. The molecule has 2 aliphatic rings. The molecule has 1 aliphatic carbocycles. The highest BCUT2D eigenvalue weighted by Gasteiger charge is 2.35. The molecule has 0 atom stereocenters. The van der Waals surface area contributed by atoms with Crippen LogP contribution in [0.2, 0.25) is 0 Å². The Bertz CT molecular complexity index is 512. The number of amides is 1. The van der Waals surface area contributed by atoms with Crippen molar-refractivity contribution < 1.29 is 4.79 Å². The van der Waals surface area contributed by atoms with Crippen LogP contribution in [0.15, 0.2) is 0 Å². The van der Waals surface area contributed by atoms with Crippen LogP contribution in [-0.2, 0) is 0 Å². The number of nitrogens with two attached hydrogens (primary N) is 1. The topological polar surface area (TPSA) is 71.2 Å². The van der Waals surface area contributed by atoms with E-state index < -0.39 is 0 Å². The fraction of sp³-hybridized carbons (Fsp3) is 0.733. The van der Waals surface area contributed by atoms with Crippen LogP contribution in [0.5, 0.6) is 0 Å². The van der Waals surface area contributed by atoms with Crippen LogP contribution in [-0.4, -0.2) is 30.5 Å². The maximum absolute atomic E-state index is 12.4. The molecule has 2 heterocycles. The lowest BCUT2D eigenvalue weighted by atomic mass is 9.67. The summed E-state index contributed by atoms with van der Waals surface area (Å²) in [6.07, 6.45) is 7.25. The average molecular weight is 308 g/mol. The first-order chi connectivity index (χ1) is 10.1. The van der Waals surface area contributed by atoms with E-state index in [0.717, 1.165) is 31.2 Å². The third-order valence-corrected chi connectivity index (χ3v) is 6.14. The zero-order chi connectivity index (χ0) is 14.9. The summed E-state index contributed by atoms with van der Waals surface area (Å²) in [5.41, 5.74) is 6.27. The lowest BCUT2D eigenvalue weighted by Crippen LogP contribution is -2.41. The minimum Gasteiger partial charge on any atom is -0.382 e. The minimum absolute atomic E-state index is 0.0600. The van der Waals surface area contributed by atoms with Gasteiger partial charge in [-0.05, 0) is 37.5 Å². The number of carbonyl (C=O) groups excluding carboxylic acids is 1. The van der Waals surface area contributed by atoms with E-state index in [1.54, 1.807) is 0 Å². The highest BCUT2D eigenvalue weighted by Crippen LogP contribution is 2.43. The van der Waals surface area contributed by atoms with Gasteiger partial charge in [-0.3, -0.25) is 4.79 Å². The van der Waals surface area contributed by atoms with Gasteiger partial charge in [0.05, 0.1) is 0 Å². The first-order valence-corrected chi connectivity index (χ1v) is 8.75. The number of thiazole rings is 1. The van der Waals surface area contributed by atoms with E-state index in [0.29, 0.717) is 16.1 Å². The second-order valence-electron chi connectivity index (χ2n) is 6.29. The SMILES string of the molecule is CCC1(CNC(=O)c2sc(N3CCCC3)nc2N)CCC1. The Balaban J connectivity index is 1.64. The number of carbonyl (C=O) groups is 1. The second-order valence-corrected chi connectivity index (χ2v) is 7.27. The molecular formula is C15H24N4OS. The van der Waals surface area contributed by atoms with Crippen LogP contribution >= 0.6 is 11.3 Å². The number of anilines is 2. The largest absolute Gasteiger partial charge is 0.382 e.